The Balaban J connectivity index is 1.42. The molecular weight excluding hydrogens is 562 g/mol. The van der Waals surface area contributed by atoms with Gasteiger partial charge in [-0.25, -0.2) is 0 Å². The Kier molecular flexibility index (Phi) is 12.1. The van der Waals surface area contributed by atoms with Crippen LogP contribution < -0.4 is 4.90 Å². The molecule has 0 heterocycles. The fourth-order valence-corrected chi connectivity index (χ4v) is 7.06. The average molecular weight is 614 g/mol. The van der Waals surface area contributed by atoms with E-state index in [1.165, 1.54) is 50.4 Å². The van der Waals surface area contributed by atoms with Gasteiger partial charge < -0.3 is 14.4 Å². The Hall–Kier alpha value is -3.92. The third-order valence-electron chi connectivity index (χ3n) is 9.59. The Bertz CT molecular complexity index is 1490. The van der Waals surface area contributed by atoms with Crippen molar-refractivity contribution in [3.8, 4) is 11.1 Å². The maximum absolute atomic E-state index is 5.57. The van der Waals surface area contributed by atoms with E-state index in [9.17, 15) is 0 Å². The number of anilines is 3. The third kappa shape index (κ3) is 7.54. The van der Waals surface area contributed by atoms with Crippen LogP contribution in [0.3, 0.4) is 0 Å². The first-order valence-electron chi connectivity index (χ1n) is 17.2. The molecule has 0 N–H and O–H groups in total. The Morgan fingerprint density at radius 2 is 1.09 bits per heavy atom. The molecule has 0 saturated carbocycles. The van der Waals surface area contributed by atoms with Gasteiger partial charge in [0.2, 0.25) is 0 Å². The van der Waals surface area contributed by atoms with Crippen molar-refractivity contribution in [2.45, 2.75) is 70.6 Å². The highest BCUT2D eigenvalue weighted by molar-refractivity contribution is 5.85. The van der Waals surface area contributed by atoms with E-state index in [1.807, 2.05) is 12.2 Å². The molecule has 240 valence electrons. The van der Waals surface area contributed by atoms with Gasteiger partial charge in [0.15, 0.2) is 0 Å². The van der Waals surface area contributed by atoms with Gasteiger partial charge in [0, 0.05) is 35.7 Å². The number of ether oxygens (including phenoxy) is 2. The lowest BCUT2D eigenvalue weighted by Crippen LogP contribution is -2.23. The highest BCUT2D eigenvalue weighted by atomic mass is 16.5. The molecule has 0 fully saturated rings. The van der Waals surface area contributed by atoms with E-state index >= 15 is 0 Å². The Morgan fingerprint density at radius 3 is 1.61 bits per heavy atom. The second-order valence-electron chi connectivity index (χ2n) is 12.4. The van der Waals surface area contributed by atoms with Crippen LogP contribution in [-0.2, 0) is 27.7 Å². The number of aryl methyl sites for hydroxylation is 2. The molecule has 0 atom stereocenters. The second-order valence-corrected chi connectivity index (χ2v) is 12.4. The summed E-state index contributed by atoms with van der Waals surface area (Å²) in [6, 6.07) is 34.5. The smallest absolute Gasteiger partial charge is 0.0644 e. The van der Waals surface area contributed by atoms with Crippen molar-refractivity contribution >= 4 is 17.1 Å². The van der Waals surface area contributed by atoms with Gasteiger partial charge in [-0.1, -0.05) is 80.6 Å². The minimum absolute atomic E-state index is 0.0338. The van der Waals surface area contributed by atoms with Crippen molar-refractivity contribution in [2.75, 3.05) is 31.3 Å². The molecule has 0 aliphatic heterocycles. The van der Waals surface area contributed by atoms with Crippen LogP contribution in [0.4, 0.5) is 17.1 Å². The standard InChI is InChI=1S/C43H51NO2/c1-5-29-45-31-13-11-15-34-19-23-36(24-20-34)44(37-25-21-35(22-26-37)16-12-14-32-46-30-6-2)38-27-28-40-39-17-9-10-18-41(39)43(7-3,8-4)42(40)33-38/h5-6,9-10,17-28,33H,1-2,7-8,11-16,29-32H2,3-4H3. The maximum Gasteiger partial charge on any atom is 0.0644 e. The molecule has 0 unspecified atom stereocenters. The first-order chi connectivity index (χ1) is 22.6. The average Bonchev–Trinajstić information content (AvgIpc) is 3.38. The van der Waals surface area contributed by atoms with Crippen LogP contribution in [0.5, 0.6) is 0 Å². The Labute approximate surface area is 277 Å². The van der Waals surface area contributed by atoms with Gasteiger partial charge in [-0.15, -0.1) is 13.2 Å². The number of benzene rings is 4. The number of hydrogen-bond acceptors (Lipinski definition) is 3. The van der Waals surface area contributed by atoms with Crippen LogP contribution in [0.1, 0.15) is 74.6 Å². The van der Waals surface area contributed by atoms with Gasteiger partial charge >= 0.3 is 0 Å². The number of nitrogens with zero attached hydrogens (tertiary/aromatic N) is 1. The largest absolute Gasteiger partial charge is 0.377 e. The third-order valence-corrected chi connectivity index (χ3v) is 9.59. The van der Waals surface area contributed by atoms with Crippen molar-refractivity contribution < 1.29 is 9.47 Å². The fourth-order valence-electron chi connectivity index (χ4n) is 7.06. The minimum Gasteiger partial charge on any atom is -0.377 e. The number of fused-ring (bicyclic) bond motifs is 3. The van der Waals surface area contributed by atoms with Gasteiger partial charge in [-0.05, 0) is 121 Å². The molecule has 0 spiro atoms. The summed E-state index contributed by atoms with van der Waals surface area (Å²) < 4.78 is 11.1. The molecule has 4 aromatic rings. The van der Waals surface area contributed by atoms with Crippen LogP contribution in [-0.4, -0.2) is 26.4 Å². The first kappa shape index (κ1) is 33.4. The fraction of sp³-hybridized carbons (Fsp3) is 0.349. The monoisotopic (exact) mass is 613 g/mol. The summed E-state index contributed by atoms with van der Waals surface area (Å²) in [5.41, 5.74) is 12.0. The number of hydrogen-bond donors (Lipinski definition) is 0. The molecule has 1 aliphatic rings. The maximum atomic E-state index is 5.57. The van der Waals surface area contributed by atoms with Crippen molar-refractivity contribution in [2.24, 2.45) is 0 Å². The summed E-state index contributed by atoms with van der Waals surface area (Å²) in [6.45, 7) is 15.0. The zero-order valence-corrected chi connectivity index (χ0v) is 28.0. The molecule has 1 aliphatic carbocycles. The zero-order valence-electron chi connectivity index (χ0n) is 28.0. The molecule has 0 saturated heterocycles. The minimum atomic E-state index is 0.0338. The summed E-state index contributed by atoms with van der Waals surface area (Å²) in [4.78, 5) is 2.43. The molecule has 5 rings (SSSR count). The summed E-state index contributed by atoms with van der Waals surface area (Å²) in [5.74, 6) is 0. The van der Waals surface area contributed by atoms with E-state index in [0.717, 1.165) is 64.6 Å². The quantitative estimate of drug-likeness (QED) is 0.0776. The van der Waals surface area contributed by atoms with E-state index in [0.29, 0.717) is 13.2 Å². The van der Waals surface area contributed by atoms with E-state index in [2.05, 4.69) is 123 Å². The second kappa shape index (κ2) is 16.6. The number of rotatable bonds is 19. The SMILES string of the molecule is C=CCOCCCCc1ccc(N(c2ccc(CCCCOCC=C)cc2)c2ccc3c(c2)C(CC)(CC)c2ccccc2-3)cc1. The zero-order chi connectivity index (χ0) is 32.2. The lowest BCUT2D eigenvalue weighted by atomic mass is 9.74. The molecule has 0 aromatic heterocycles. The molecule has 0 radical (unpaired) electrons. The van der Waals surface area contributed by atoms with Gasteiger partial charge in [0.25, 0.3) is 0 Å². The normalized spacial score (nSPS) is 12.8. The van der Waals surface area contributed by atoms with Gasteiger partial charge in [0.1, 0.15) is 0 Å². The molecule has 46 heavy (non-hydrogen) atoms. The summed E-state index contributed by atoms with van der Waals surface area (Å²) in [7, 11) is 0. The molecule has 3 nitrogen and oxygen atoms in total. The molecule has 0 amide bonds. The van der Waals surface area contributed by atoms with Crippen molar-refractivity contribution in [1.29, 1.82) is 0 Å². The molecular formula is C43H51NO2. The van der Waals surface area contributed by atoms with Gasteiger partial charge in [-0.3, -0.25) is 0 Å². The topological polar surface area (TPSA) is 21.7 Å². The summed E-state index contributed by atoms with van der Waals surface area (Å²) in [6.07, 6.45) is 12.2. The van der Waals surface area contributed by atoms with E-state index < -0.39 is 0 Å². The van der Waals surface area contributed by atoms with Crippen molar-refractivity contribution in [1.82, 2.24) is 0 Å². The summed E-state index contributed by atoms with van der Waals surface area (Å²) in [5, 5.41) is 0. The highest BCUT2D eigenvalue weighted by Gasteiger charge is 2.40. The number of unbranched alkanes of at least 4 members (excludes halogenated alkanes) is 2. The summed E-state index contributed by atoms with van der Waals surface area (Å²) >= 11 is 0. The van der Waals surface area contributed by atoms with Gasteiger partial charge in [0.05, 0.1) is 13.2 Å². The van der Waals surface area contributed by atoms with Crippen LogP contribution in [0.25, 0.3) is 11.1 Å². The van der Waals surface area contributed by atoms with Crippen molar-refractivity contribution in [3.63, 3.8) is 0 Å². The van der Waals surface area contributed by atoms with Gasteiger partial charge in [-0.2, -0.15) is 0 Å². The van der Waals surface area contributed by atoms with Crippen LogP contribution in [0.15, 0.2) is 116 Å². The predicted octanol–water partition coefficient (Wildman–Crippen LogP) is 11.3. The molecule has 0 bridgehead atoms. The predicted molar refractivity (Wildman–Crippen MR) is 196 cm³/mol. The van der Waals surface area contributed by atoms with Crippen molar-refractivity contribution in [3.05, 3.63) is 139 Å². The molecule has 3 heteroatoms. The van der Waals surface area contributed by atoms with Crippen LogP contribution in [0, 0.1) is 0 Å². The Morgan fingerprint density at radius 1 is 0.587 bits per heavy atom. The lowest BCUT2D eigenvalue weighted by molar-refractivity contribution is 0.158. The first-order valence-corrected chi connectivity index (χ1v) is 17.2. The van der Waals surface area contributed by atoms with Crippen LogP contribution in [0.2, 0.25) is 0 Å². The molecule has 4 aromatic carbocycles. The van der Waals surface area contributed by atoms with E-state index in [1.54, 1.807) is 0 Å². The van der Waals surface area contributed by atoms with Crippen LogP contribution >= 0.6 is 0 Å². The van der Waals surface area contributed by atoms with E-state index in [-0.39, 0.29) is 5.41 Å². The lowest BCUT2D eigenvalue weighted by Gasteiger charge is -2.31. The highest BCUT2D eigenvalue weighted by Crippen LogP contribution is 2.54. The van der Waals surface area contributed by atoms with E-state index in [4.69, 9.17) is 9.47 Å².